The molecule has 0 aromatic heterocycles. The molecule has 4 aliphatic rings. The van der Waals surface area contributed by atoms with Crippen molar-refractivity contribution in [3.05, 3.63) is 119 Å². The van der Waals surface area contributed by atoms with Gasteiger partial charge in [0.05, 0.1) is 41.4 Å². The van der Waals surface area contributed by atoms with Gasteiger partial charge in [-0.25, -0.2) is 14.4 Å². The predicted molar refractivity (Wildman–Crippen MR) is 211 cm³/mol. The predicted octanol–water partition coefficient (Wildman–Crippen LogP) is 4.83. The summed E-state index contributed by atoms with van der Waals surface area (Å²) in [5.41, 5.74) is 0.559. The lowest BCUT2D eigenvalue weighted by atomic mass is 9.45. The van der Waals surface area contributed by atoms with Crippen molar-refractivity contribution < 1.29 is 57.9 Å². The number of hydrogen-bond donors (Lipinski definition) is 3. The molecule has 1 aliphatic heterocycles. The summed E-state index contributed by atoms with van der Waals surface area (Å²) >= 11 is 0. The van der Waals surface area contributed by atoms with E-state index in [1.165, 1.54) is 19.1 Å². The summed E-state index contributed by atoms with van der Waals surface area (Å²) in [6, 6.07) is 23.6. The van der Waals surface area contributed by atoms with Crippen molar-refractivity contribution >= 4 is 29.7 Å². The molecule has 3 aliphatic carbocycles. The molecule has 13 nitrogen and oxygen atoms in total. The van der Waals surface area contributed by atoms with Gasteiger partial charge < -0.3 is 39.6 Å². The smallest absolute Gasteiger partial charge is 0.350 e. The maximum Gasteiger partial charge on any atom is 0.350 e. The van der Waals surface area contributed by atoms with Gasteiger partial charge in [-0.3, -0.25) is 9.59 Å². The number of carbonyl (C=O) groups is 5. The van der Waals surface area contributed by atoms with Crippen LogP contribution in [0.4, 0.5) is 0 Å². The van der Waals surface area contributed by atoms with E-state index in [1.807, 2.05) is 0 Å². The Balaban J connectivity index is 1.40. The molecule has 5 unspecified atom stereocenters. The van der Waals surface area contributed by atoms with Gasteiger partial charge in [0.15, 0.2) is 11.9 Å². The normalized spacial score (nSPS) is 33.0. The third-order valence-electron chi connectivity index (χ3n) is 13.5. The van der Waals surface area contributed by atoms with Crippen LogP contribution in [0, 0.1) is 22.7 Å². The molecule has 312 valence electrons. The average Bonchev–Trinajstić information content (AvgIpc) is 3.20. The second-order valence-electron chi connectivity index (χ2n) is 17.2. The molecule has 4 N–H and O–H groups in total. The molecule has 0 amide bonds. The first-order chi connectivity index (χ1) is 27.8. The van der Waals surface area contributed by atoms with Crippen molar-refractivity contribution in [2.75, 3.05) is 6.61 Å². The van der Waals surface area contributed by atoms with Gasteiger partial charge in [0.1, 0.15) is 17.3 Å². The molecule has 0 spiro atoms. The summed E-state index contributed by atoms with van der Waals surface area (Å²) in [7, 11) is 0. The highest BCUT2D eigenvalue weighted by atomic mass is 16.6. The van der Waals surface area contributed by atoms with E-state index in [4.69, 9.17) is 29.4 Å². The number of aliphatic hydroxyl groups excluding tert-OH is 1. The second-order valence-corrected chi connectivity index (χ2v) is 17.2. The van der Waals surface area contributed by atoms with Crippen LogP contribution < -0.4 is 5.73 Å². The Labute approximate surface area is 342 Å². The number of fused-ring (bicyclic) bond motifs is 5. The maximum absolute atomic E-state index is 15.3. The summed E-state index contributed by atoms with van der Waals surface area (Å²) in [4.78, 5) is 70.7. The van der Waals surface area contributed by atoms with Crippen LogP contribution in [0.3, 0.4) is 0 Å². The van der Waals surface area contributed by atoms with Crippen molar-refractivity contribution in [1.29, 1.82) is 0 Å². The van der Waals surface area contributed by atoms with E-state index < -0.39 is 107 Å². The van der Waals surface area contributed by atoms with Gasteiger partial charge in [-0.05, 0) is 61.7 Å². The minimum absolute atomic E-state index is 0.0789. The first-order valence-electron chi connectivity index (χ1n) is 19.9. The first kappa shape index (κ1) is 41.9. The highest BCUT2D eigenvalue weighted by Crippen LogP contribution is 2.64. The Morgan fingerprint density at radius 1 is 0.847 bits per heavy atom. The lowest BCUT2D eigenvalue weighted by Gasteiger charge is -2.65. The van der Waals surface area contributed by atoms with Crippen LogP contribution in [0.15, 0.2) is 102 Å². The van der Waals surface area contributed by atoms with E-state index in [0.29, 0.717) is 5.56 Å². The van der Waals surface area contributed by atoms with Crippen molar-refractivity contribution in [2.24, 2.45) is 28.4 Å². The minimum Gasteiger partial charge on any atom is -0.455 e. The molecular formula is C46H51NO12. The highest BCUT2D eigenvalue weighted by molar-refractivity contribution is 5.95. The van der Waals surface area contributed by atoms with Crippen LogP contribution in [0.25, 0.3) is 0 Å². The third-order valence-corrected chi connectivity index (χ3v) is 13.5. The van der Waals surface area contributed by atoms with Gasteiger partial charge in [0, 0.05) is 37.0 Å². The molecule has 3 fully saturated rings. The van der Waals surface area contributed by atoms with E-state index in [1.54, 1.807) is 107 Å². The van der Waals surface area contributed by atoms with Gasteiger partial charge in [0.25, 0.3) is 0 Å². The summed E-state index contributed by atoms with van der Waals surface area (Å²) in [6.07, 6.45) is -7.13. The van der Waals surface area contributed by atoms with Crippen molar-refractivity contribution in [1.82, 2.24) is 0 Å². The molecule has 3 aromatic rings. The number of rotatable bonds is 9. The Hall–Kier alpha value is -5.21. The molecule has 7 rings (SSSR count). The quantitative estimate of drug-likeness (QED) is 0.151. The number of esters is 4. The molecule has 1 heterocycles. The van der Waals surface area contributed by atoms with Crippen LogP contribution >= 0.6 is 0 Å². The van der Waals surface area contributed by atoms with Crippen molar-refractivity contribution in [2.45, 2.75) is 102 Å². The number of nitrogens with two attached hydrogens (primary N) is 1. The number of carbonyl (C=O) groups excluding carboxylic acids is 5. The van der Waals surface area contributed by atoms with Gasteiger partial charge in [0.2, 0.25) is 6.10 Å². The summed E-state index contributed by atoms with van der Waals surface area (Å²) in [6.45, 7) is 9.30. The molecule has 3 aromatic carbocycles. The number of benzene rings is 3. The fourth-order valence-corrected chi connectivity index (χ4v) is 9.94. The molecule has 1 saturated heterocycles. The largest absolute Gasteiger partial charge is 0.455 e. The van der Waals surface area contributed by atoms with E-state index in [0.717, 1.165) is 6.92 Å². The van der Waals surface area contributed by atoms with E-state index in [2.05, 4.69) is 0 Å². The topological polar surface area (TPSA) is 198 Å². The van der Waals surface area contributed by atoms with Crippen LogP contribution in [0.2, 0.25) is 0 Å². The monoisotopic (exact) mass is 809 g/mol. The van der Waals surface area contributed by atoms with Gasteiger partial charge in [-0.1, -0.05) is 80.6 Å². The summed E-state index contributed by atoms with van der Waals surface area (Å²) < 4.78 is 30.5. The highest BCUT2D eigenvalue weighted by Gasteiger charge is 2.74. The average molecular weight is 810 g/mol. The van der Waals surface area contributed by atoms with Crippen molar-refractivity contribution in [3.8, 4) is 0 Å². The number of aliphatic hydroxyl groups is 2. The van der Waals surface area contributed by atoms with Gasteiger partial charge >= 0.3 is 23.9 Å². The maximum atomic E-state index is 15.3. The summed E-state index contributed by atoms with van der Waals surface area (Å²) in [5, 5.41) is 25.6. The van der Waals surface area contributed by atoms with Gasteiger partial charge in [-0.15, -0.1) is 0 Å². The zero-order valence-corrected chi connectivity index (χ0v) is 34.0. The Morgan fingerprint density at radius 3 is 1.95 bits per heavy atom. The van der Waals surface area contributed by atoms with E-state index >= 15 is 4.79 Å². The first-order valence-corrected chi connectivity index (χ1v) is 19.9. The number of Topliss-reactive ketones (excluding diaryl/α,β-unsaturated/α-hetero) is 1. The SMILES string of the molecule is CC(=O)O[C@H]1C(=O)[C@@]2(C)C(C(OC(=O)c3ccccc3)[C@]3(O)CC(C)(OC(=O)C(OC(=O)c4ccccc4)C(N)c4ccccc4)C(C)=C1C3(C)C)[C@@H]1CO[C@@H]1C[C@@H]2O. The third kappa shape index (κ3) is 6.97. The summed E-state index contributed by atoms with van der Waals surface area (Å²) in [5.74, 6) is -5.73. The second kappa shape index (κ2) is 15.4. The Kier molecular flexibility index (Phi) is 11.0. The molecule has 2 saturated carbocycles. The Morgan fingerprint density at radius 2 is 1.41 bits per heavy atom. The van der Waals surface area contributed by atoms with Crippen molar-refractivity contribution in [3.63, 3.8) is 0 Å². The van der Waals surface area contributed by atoms with Crippen LogP contribution in [0.5, 0.6) is 0 Å². The van der Waals surface area contributed by atoms with Crippen LogP contribution in [-0.2, 0) is 38.1 Å². The molecule has 11 atom stereocenters. The number of hydrogen-bond acceptors (Lipinski definition) is 13. The Bertz CT molecular complexity index is 2160. The standard InChI is InChI=1S/C46H51NO12/c1-25-33-36(56-26(2)48)38(50)45(6)32(49)22-31-30(23-55-31)34(45)39(58-41(52)29-20-14-9-15-21-29)46(54,43(33,3)4)24-44(25,5)59-42(53)37(35(47)27-16-10-7-11-17-27)57-40(51)28-18-12-8-13-19-28/h7-21,30-32,34-37,39,49,54H,22-24,47H2,1-6H3/t30-,31-,32+,34?,35?,36-,37?,39?,44?,45-,46-/m1/s1. The minimum atomic E-state index is -2.19. The van der Waals surface area contributed by atoms with Crippen LogP contribution in [0.1, 0.15) is 86.7 Å². The zero-order valence-electron chi connectivity index (χ0n) is 34.0. The number of ketones is 1. The number of ether oxygens (including phenoxy) is 5. The molecule has 0 radical (unpaired) electrons. The van der Waals surface area contributed by atoms with Gasteiger partial charge in [-0.2, -0.15) is 0 Å². The van der Waals surface area contributed by atoms with E-state index in [-0.39, 0.29) is 35.3 Å². The molecule has 2 bridgehead atoms. The molecular weight excluding hydrogens is 759 g/mol. The molecule has 59 heavy (non-hydrogen) atoms. The lowest BCUT2D eigenvalue weighted by Crippen LogP contribution is -2.76. The molecule has 13 heteroatoms. The fraction of sp³-hybridized carbons (Fsp3) is 0.457. The lowest BCUT2D eigenvalue weighted by molar-refractivity contribution is -0.280. The fourth-order valence-electron chi connectivity index (χ4n) is 9.94. The van der Waals surface area contributed by atoms with E-state index in [9.17, 15) is 29.4 Å². The van der Waals surface area contributed by atoms with Crippen LogP contribution in [-0.4, -0.2) is 88.2 Å². The zero-order chi connectivity index (χ0) is 42.7.